The molecule has 4 rings (SSSR count). The van der Waals surface area contributed by atoms with Gasteiger partial charge in [0.15, 0.2) is 0 Å². The van der Waals surface area contributed by atoms with E-state index in [1.165, 1.54) is 19.3 Å². The molecule has 2 N–H and O–H groups in total. The molecule has 3 heteroatoms. The van der Waals surface area contributed by atoms with E-state index < -0.39 is 5.60 Å². The molecule has 0 saturated heterocycles. The Balaban J connectivity index is 1.55. The number of rotatable bonds is 5. The first-order valence-corrected chi connectivity index (χ1v) is 12.9. The molecular formula is C27H46O3. The van der Waals surface area contributed by atoms with Gasteiger partial charge in [0, 0.05) is 18.8 Å². The van der Waals surface area contributed by atoms with Gasteiger partial charge in [0.2, 0.25) is 0 Å². The Hall–Kier alpha value is -0.410. The van der Waals surface area contributed by atoms with Crippen molar-refractivity contribution in [1.82, 2.24) is 0 Å². The van der Waals surface area contributed by atoms with Crippen LogP contribution in [0.1, 0.15) is 105 Å². The van der Waals surface area contributed by atoms with Crippen LogP contribution in [0.5, 0.6) is 0 Å². The molecule has 0 heterocycles. The standard InChI is InChI=1S/C27H46O3/c1-17(2)7-6-12-27(5,30)24-23(29)16-22-20-9-8-18-15-19(28)10-13-25(18,3)21(20)11-14-26(22,24)4/h17-18,20-24,29-30H,6-16H2,1-5H3/t18-,20+,21-,22-,23+,24-,25-,26-,27-/m0/s1. The van der Waals surface area contributed by atoms with Crippen molar-refractivity contribution in [3.8, 4) is 0 Å². The highest BCUT2D eigenvalue weighted by molar-refractivity contribution is 5.79. The van der Waals surface area contributed by atoms with E-state index in [4.69, 9.17) is 0 Å². The van der Waals surface area contributed by atoms with Crippen LogP contribution in [0.3, 0.4) is 0 Å². The van der Waals surface area contributed by atoms with Gasteiger partial charge in [-0.1, -0.05) is 40.5 Å². The van der Waals surface area contributed by atoms with Crippen LogP contribution in [0, 0.1) is 46.3 Å². The second-order valence-corrected chi connectivity index (χ2v) is 12.9. The number of aliphatic hydroxyl groups excluding tert-OH is 1. The molecule has 4 aliphatic rings. The molecule has 4 fully saturated rings. The smallest absolute Gasteiger partial charge is 0.133 e. The maximum atomic E-state index is 12.1. The molecule has 0 radical (unpaired) electrons. The van der Waals surface area contributed by atoms with Crippen LogP contribution < -0.4 is 0 Å². The Labute approximate surface area is 184 Å². The number of hydrogen-bond donors (Lipinski definition) is 2. The van der Waals surface area contributed by atoms with Gasteiger partial charge in [-0.3, -0.25) is 4.79 Å². The summed E-state index contributed by atoms with van der Waals surface area (Å²) >= 11 is 0. The first-order chi connectivity index (χ1) is 14.0. The highest BCUT2D eigenvalue weighted by Crippen LogP contribution is 2.68. The van der Waals surface area contributed by atoms with Crippen molar-refractivity contribution in [3.63, 3.8) is 0 Å². The van der Waals surface area contributed by atoms with Crippen molar-refractivity contribution in [2.75, 3.05) is 0 Å². The van der Waals surface area contributed by atoms with E-state index in [2.05, 4.69) is 27.7 Å². The Kier molecular flexibility index (Phi) is 5.97. The number of ketones is 1. The predicted octanol–water partition coefficient (Wildman–Crippen LogP) is 5.76. The van der Waals surface area contributed by atoms with Crippen LogP contribution in [0.4, 0.5) is 0 Å². The van der Waals surface area contributed by atoms with E-state index >= 15 is 0 Å². The average molecular weight is 419 g/mol. The van der Waals surface area contributed by atoms with E-state index in [0.29, 0.717) is 40.8 Å². The van der Waals surface area contributed by atoms with Crippen molar-refractivity contribution >= 4 is 5.78 Å². The normalized spacial score (nSPS) is 48.1. The van der Waals surface area contributed by atoms with Gasteiger partial charge in [-0.15, -0.1) is 0 Å². The molecule has 3 nitrogen and oxygen atoms in total. The fourth-order valence-corrected chi connectivity index (χ4v) is 9.21. The summed E-state index contributed by atoms with van der Waals surface area (Å²) in [5, 5.41) is 22.8. The summed E-state index contributed by atoms with van der Waals surface area (Å²) in [5.74, 6) is 3.57. The summed E-state index contributed by atoms with van der Waals surface area (Å²) in [6.45, 7) is 11.4. The molecule has 30 heavy (non-hydrogen) atoms. The molecule has 0 aromatic rings. The van der Waals surface area contributed by atoms with E-state index in [9.17, 15) is 15.0 Å². The van der Waals surface area contributed by atoms with Gasteiger partial charge < -0.3 is 10.2 Å². The average Bonchev–Trinajstić information content (AvgIpc) is 2.92. The Morgan fingerprint density at radius 3 is 2.53 bits per heavy atom. The lowest BCUT2D eigenvalue weighted by molar-refractivity contribution is -0.151. The van der Waals surface area contributed by atoms with E-state index in [-0.39, 0.29) is 17.4 Å². The molecule has 0 aromatic heterocycles. The van der Waals surface area contributed by atoms with Gasteiger partial charge in [0.25, 0.3) is 0 Å². The third-order valence-corrected chi connectivity index (χ3v) is 10.6. The fourth-order valence-electron chi connectivity index (χ4n) is 9.21. The molecule has 0 aliphatic heterocycles. The van der Waals surface area contributed by atoms with Gasteiger partial charge in [-0.25, -0.2) is 0 Å². The van der Waals surface area contributed by atoms with Crippen molar-refractivity contribution in [3.05, 3.63) is 0 Å². The number of aliphatic hydroxyl groups is 2. The second-order valence-electron chi connectivity index (χ2n) is 12.9. The van der Waals surface area contributed by atoms with Gasteiger partial charge in [0.05, 0.1) is 11.7 Å². The van der Waals surface area contributed by atoms with Gasteiger partial charge >= 0.3 is 0 Å². The van der Waals surface area contributed by atoms with E-state index in [0.717, 1.165) is 51.4 Å². The topological polar surface area (TPSA) is 57.5 Å². The molecule has 4 aliphatic carbocycles. The maximum Gasteiger partial charge on any atom is 0.133 e. The monoisotopic (exact) mass is 418 g/mol. The highest BCUT2D eigenvalue weighted by Gasteiger charge is 2.64. The van der Waals surface area contributed by atoms with Gasteiger partial charge in [-0.05, 0) is 92.3 Å². The predicted molar refractivity (Wildman–Crippen MR) is 121 cm³/mol. The van der Waals surface area contributed by atoms with Crippen molar-refractivity contribution in [2.45, 2.75) is 117 Å². The Morgan fingerprint density at radius 1 is 1.10 bits per heavy atom. The lowest BCUT2D eigenvalue weighted by Gasteiger charge is -2.60. The lowest BCUT2D eigenvalue weighted by atomic mass is 9.44. The quantitative estimate of drug-likeness (QED) is 0.596. The molecule has 0 amide bonds. The van der Waals surface area contributed by atoms with Crippen LogP contribution in [-0.4, -0.2) is 27.7 Å². The van der Waals surface area contributed by atoms with Crippen LogP contribution in [-0.2, 0) is 4.79 Å². The van der Waals surface area contributed by atoms with Gasteiger partial charge in [-0.2, -0.15) is 0 Å². The third kappa shape index (κ3) is 3.60. The zero-order valence-electron chi connectivity index (χ0n) is 20.1. The molecule has 0 bridgehead atoms. The molecule has 0 aromatic carbocycles. The zero-order chi connectivity index (χ0) is 21.9. The van der Waals surface area contributed by atoms with Crippen molar-refractivity contribution in [1.29, 1.82) is 0 Å². The first-order valence-electron chi connectivity index (χ1n) is 12.9. The fraction of sp³-hybridized carbons (Fsp3) is 0.963. The summed E-state index contributed by atoms with van der Waals surface area (Å²) in [4.78, 5) is 12.1. The maximum absolute atomic E-state index is 12.1. The van der Waals surface area contributed by atoms with E-state index in [1.807, 2.05) is 6.92 Å². The summed E-state index contributed by atoms with van der Waals surface area (Å²) in [6.07, 6.45) is 10.8. The number of carbonyl (C=O) groups is 1. The number of carbonyl (C=O) groups excluding carboxylic acids is 1. The molecule has 9 atom stereocenters. The summed E-state index contributed by atoms with van der Waals surface area (Å²) in [7, 11) is 0. The number of fused-ring (bicyclic) bond motifs is 5. The SMILES string of the molecule is CC(C)CCC[C@](C)(O)[C@H]1[C@H](O)C[C@H]2[C@@H]3CC[C@H]4CC(=O)CC[C@]4(C)[C@H]3CC[C@@]21C. The van der Waals surface area contributed by atoms with Gasteiger partial charge in [0.1, 0.15) is 5.78 Å². The third-order valence-electron chi connectivity index (χ3n) is 10.6. The Morgan fingerprint density at radius 2 is 1.83 bits per heavy atom. The summed E-state index contributed by atoms with van der Waals surface area (Å²) in [6, 6.07) is 0. The minimum Gasteiger partial charge on any atom is -0.393 e. The molecule has 0 spiro atoms. The number of Topliss-reactive ketones (excluding diaryl/α,β-unsaturated/α-hetero) is 1. The minimum atomic E-state index is -0.789. The molecule has 0 unspecified atom stereocenters. The molecule has 172 valence electrons. The first kappa shape index (κ1) is 22.8. The molecular weight excluding hydrogens is 372 g/mol. The zero-order valence-corrected chi connectivity index (χ0v) is 20.1. The highest BCUT2D eigenvalue weighted by atomic mass is 16.3. The summed E-state index contributed by atoms with van der Waals surface area (Å²) in [5.41, 5.74) is -0.445. The van der Waals surface area contributed by atoms with Crippen molar-refractivity contribution < 1.29 is 15.0 Å². The van der Waals surface area contributed by atoms with Crippen LogP contribution in [0.25, 0.3) is 0 Å². The van der Waals surface area contributed by atoms with Crippen LogP contribution in [0.2, 0.25) is 0 Å². The van der Waals surface area contributed by atoms with Crippen molar-refractivity contribution in [2.24, 2.45) is 46.3 Å². The Bertz CT molecular complexity index is 654. The van der Waals surface area contributed by atoms with E-state index in [1.54, 1.807) is 0 Å². The molecule has 4 saturated carbocycles. The second kappa shape index (κ2) is 7.87. The summed E-state index contributed by atoms with van der Waals surface area (Å²) < 4.78 is 0. The minimum absolute atomic E-state index is 0.0124. The largest absolute Gasteiger partial charge is 0.393 e. The lowest BCUT2D eigenvalue weighted by Crippen LogP contribution is -2.55. The van der Waals surface area contributed by atoms with Crippen LogP contribution in [0.15, 0.2) is 0 Å². The van der Waals surface area contributed by atoms with Crippen LogP contribution >= 0.6 is 0 Å². The number of hydrogen-bond acceptors (Lipinski definition) is 3.